The number of amides is 1. The Bertz CT molecular complexity index is 1120. The summed E-state index contributed by atoms with van der Waals surface area (Å²) in [6.07, 6.45) is 1.94. The molecule has 2 N–H and O–H groups in total. The minimum atomic E-state index is -0.194. The van der Waals surface area contributed by atoms with Gasteiger partial charge in [-0.2, -0.15) is 0 Å². The van der Waals surface area contributed by atoms with Crippen molar-refractivity contribution >= 4 is 17.4 Å². The van der Waals surface area contributed by atoms with Crippen molar-refractivity contribution in [1.82, 2.24) is 4.98 Å². The highest BCUT2D eigenvalue weighted by molar-refractivity contribution is 6.05. The second kappa shape index (κ2) is 6.96. The zero-order valence-corrected chi connectivity index (χ0v) is 15.2. The van der Waals surface area contributed by atoms with Crippen LogP contribution in [0.4, 0.5) is 5.82 Å². The molecule has 0 aliphatic heterocycles. The van der Waals surface area contributed by atoms with Gasteiger partial charge in [0.2, 0.25) is 5.65 Å². The molecule has 4 aromatic rings. The first kappa shape index (κ1) is 16.8. The van der Waals surface area contributed by atoms with E-state index in [0.717, 1.165) is 22.5 Å². The predicted molar refractivity (Wildman–Crippen MR) is 105 cm³/mol. The van der Waals surface area contributed by atoms with Gasteiger partial charge in [0.15, 0.2) is 5.69 Å². The molecule has 0 saturated heterocycles. The van der Waals surface area contributed by atoms with E-state index in [1.807, 2.05) is 66.1 Å². The smallest absolute Gasteiger partial charge is 0.311 e. The molecule has 0 saturated carbocycles. The molecule has 5 heteroatoms. The number of anilines is 1. The molecule has 2 aromatic carbocycles. The van der Waals surface area contributed by atoms with Crippen molar-refractivity contribution in [3.63, 3.8) is 0 Å². The molecule has 2 heterocycles. The number of imidazole rings is 1. The van der Waals surface area contributed by atoms with Gasteiger partial charge in [0.05, 0.1) is 18.9 Å². The van der Waals surface area contributed by atoms with Crippen LogP contribution in [-0.4, -0.2) is 18.0 Å². The summed E-state index contributed by atoms with van der Waals surface area (Å²) in [7, 11) is 1.59. The number of carbonyl (C=O) groups is 1. The van der Waals surface area contributed by atoms with E-state index in [1.165, 1.54) is 0 Å². The van der Waals surface area contributed by atoms with Crippen LogP contribution in [0.15, 0.2) is 72.9 Å². The Morgan fingerprint density at radius 3 is 2.63 bits per heavy atom. The van der Waals surface area contributed by atoms with Gasteiger partial charge in [-0.3, -0.25) is 9.78 Å². The number of aromatic nitrogens is 2. The average Bonchev–Trinajstić information content (AvgIpc) is 3.08. The minimum Gasteiger partial charge on any atom is -0.497 e. The van der Waals surface area contributed by atoms with Crippen LogP contribution in [0.25, 0.3) is 16.9 Å². The predicted octanol–water partition coefficient (Wildman–Crippen LogP) is 3.99. The number of nitrogens with one attached hydrogen (secondary N) is 2. The van der Waals surface area contributed by atoms with Gasteiger partial charge < -0.3 is 4.74 Å². The highest BCUT2D eigenvalue weighted by Crippen LogP contribution is 2.26. The lowest BCUT2D eigenvalue weighted by Gasteiger charge is -2.04. The van der Waals surface area contributed by atoms with Crippen LogP contribution < -0.4 is 14.5 Å². The SMILES string of the molecule is COc1cccc(C(=O)Nc2c(-c3ccccc3)[nH]c3c(C)ccc[n+]23)c1. The van der Waals surface area contributed by atoms with Crippen LogP contribution in [0.2, 0.25) is 0 Å². The molecule has 1 amide bonds. The summed E-state index contributed by atoms with van der Waals surface area (Å²) in [5, 5.41) is 3.06. The summed E-state index contributed by atoms with van der Waals surface area (Å²) in [6.45, 7) is 2.04. The van der Waals surface area contributed by atoms with Crippen LogP contribution in [0.3, 0.4) is 0 Å². The molecule has 0 radical (unpaired) electrons. The summed E-state index contributed by atoms with van der Waals surface area (Å²) in [6, 6.07) is 21.1. The fourth-order valence-corrected chi connectivity index (χ4v) is 3.14. The fourth-order valence-electron chi connectivity index (χ4n) is 3.14. The van der Waals surface area contributed by atoms with Crippen molar-refractivity contribution in [2.45, 2.75) is 6.92 Å². The number of H-pyrrole nitrogens is 1. The molecule has 0 fully saturated rings. The Hall–Kier alpha value is -3.60. The van der Waals surface area contributed by atoms with E-state index in [1.54, 1.807) is 25.3 Å². The molecule has 0 spiro atoms. The maximum atomic E-state index is 12.9. The number of pyridine rings is 1. The summed E-state index contributed by atoms with van der Waals surface area (Å²) in [5.74, 6) is 1.15. The van der Waals surface area contributed by atoms with Crippen molar-refractivity contribution in [2.24, 2.45) is 0 Å². The highest BCUT2D eigenvalue weighted by atomic mass is 16.5. The molecule has 4 rings (SSSR count). The lowest BCUT2D eigenvalue weighted by Crippen LogP contribution is -2.27. The first-order valence-corrected chi connectivity index (χ1v) is 8.71. The second-order valence-electron chi connectivity index (χ2n) is 6.31. The van der Waals surface area contributed by atoms with E-state index >= 15 is 0 Å². The van der Waals surface area contributed by atoms with Gasteiger partial charge in [0, 0.05) is 11.1 Å². The van der Waals surface area contributed by atoms with E-state index in [2.05, 4.69) is 10.3 Å². The van der Waals surface area contributed by atoms with E-state index < -0.39 is 0 Å². The summed E-state index contributed by atoms with van der Waals surface area (Å²) >= 11 is 0. The van der Waals surface area contributed by atoms with E-state index in [4.69, 9.17) is 4.74 Å². The quantitative estimate of drug-likeness (QED) is 0.542. The number of carbonyl (C=O) groups excluding carboxylic acids is 1. The number of aromatic amines is 1. The Balaban J connectivity index is 1.82. The molecular formula is C22H20N3O2+. The third kappa shape index (κ3) is 3.15. The Morgan fingerprint density at radius 1 is 1.04 bits per heavy atom. The Kier molecular flexibility index (Phi) is 4.34. The monoisotopic (exact) mass is 358 g/mol. The standard InChI is InChI=1S/C22H19N3O2/c1-15-8-7-13-25-20(15)23-19(16-9-4-3-5-10-16)21(25)24-22(26)17-11-6-12-18(14-17)27-2/h3-14H,1-2H3,(H,24,26)/p+1. The third-order valence-electron chi connectivity index (χ3n) is 4.54. The largest absolute Gasteiger partial charge is 0.497 e. The van der Waals surface area contributed by atoms with Crippen LogP contribution in [0.5, 0.6) is 5.75 Å². The number of hydrogen-bond donors (Lipinski definition) is 2. The lowest BCUT2D eigenvalue weighted by molar-refractivity contribution is -0.494. The number of nitrogens with zero attached hydrogens (tertiary/aromatic N) is 1. The molecule has 0 unspecified atom stereocenters. The van der Waals surface area contributed by atoms with Gasteiger partial charge in [-0.25, -0.2) is 9.72 Å². The molecule has 0 aliphatic rings. The minimum absolute atomic E-state index is 0.194. The van der Waals surface area contributed by atoms with Crippen molar-refractivity contribution in [3.05, 3.63) is 84.1 Å². The summed E-state index contributed by atoms with van der Waals surface area (Å²) in [4.78, 5) is 16.4. The Morgan fingerprint density at radius 2 is 1.85 bits per heavy atom. The molecule has 0 bridgehead atoms. The molecule has 5 nitrogen and oxygen atoms in total. The average molecular weight is 358 g/mol. The zero-order chi connectivity index (χ0) is 18.8. The first-order chi connectivity index (χ1) is 13.2. The van der Waals surface area contributed by atoms with Crippen LogP contribution in [-0.2, 0) is 0 Å². The van der Waals surface area contributed by atoms with Gasteiger partial charge in [0.1, 0.15) is 5.75 Å². The molecular weight excluding hydrogens is 338 g/mol. The number of ether oxygens (including phenoxy) is 1. The highest BCUT2D eigenvalue weighted by Gasteiger charge is 2.24. The second-order valence-corrected chi connectivity index (χ2v) is 6.31. The number of benzene rings is 2. The maximum absolute atomic E-state index is 12.9. The van der Waals surface area contributed by atoms with Crippen LogP contribution in [0, 0.1) is 6.92 Å². The number of methoxy groups -OCH3 is 1. The topological polar surface area (TPSA) is 58.2 Å². The number of hydrogen-bond acceptors (Lipinski definition) is 2. The van der Waals surface area contributed by atoms with E-state index in [9.17, 15) is 4.79 Å². The van der Waals surface area contributed by atoms with E-state index in [0.29, 0.717) is 17.1 Å². The normalized spacial score (nSPS) is 10.7. The Labute approximate surface area is 157 Å². The number of rotatable bonds is 4. The summed E-state index contributed by atoms with van der Waals surface area (Å²) < 4.78 is 7.20. The molecule has 134 valence electrons. The third-order valence-corrected chi connectivity index (χ3v) is 4.54. The van der Waals surface area contributed by atoms with Gasteiger partial charge in [-0.1, -0.05) is 36.4 Å². The maximum Gasteiger partial charge on any atom is 0.311 e. The van der Waals surface area contributed by atoms with Gasteiger partial charge in [0.25, 0.3) is 5.82 Å². The van der Waals surface area contributed by atoms with Crippen molar-refractivity contribution in [1.29, 1.82) is 0 Å². The molecule has 0 atom stereocenters. The van der Waals surface area contributed by atoms with Crippen LogP contribution >= 0.6 is 0 Å². The fraction of sp³-hybridized carbons (Fsp3) is 0.0909. The van der Waals surface area contributed by atoms with Crippen LogP contribution in [0.1, 0.15) is 15.9 Å². The van der Waals surface area contributed by atoms with Gasteiger partial charge in [-0.15, -0.1) is 0 Å². The van der Waals surface area contributed by atoms with Crippen molar-refractivity contribution < 1.29 is 13.9 Å². The molecule has 2 aromatic heterocycles. The zero-order valence-electron chi connectivity index (χ0n) is 15.2. The van der Waals surface area contributed by atoms with Crippen molar-refractivity contribution in [3.8, 4) is 17.0 Å². The molecule has 27 heavy (non-hydrogen) atoms. The van der Waals surface area contributed by atoms with Crippen molar-refractivity contribution in [2.75, 3.05) is 12.4 Å². The summed E-state index contributed by atoms with van der Waals surface area (Å²) in [5.41, 5.74) is 4.44. The van der Waals surface area contributed by atoms with E-state index in [-0.39, 0.29) is 5.91 Å². The first-order valence-electron chi connectivity index (χ1n) is 8.71. The van der Waals surface area contributed by atoms with Gasteiger partial charge >= 0.3 is 5.91 Å². The van der Waals surface area contributed by atoms with Gasteiger partial charge in [-0.05, 0) is 37.3 Å². The number of fused-ring (bicyclic) bond motifs is 1. The number of aryl methyl sites for hydroxylation is 1. The molecule has 0 aliphatic carbocycles. The lowest BCUT2D eigenvalue weighted by atomic mass is 10.1.